The Hall–Kier alpha value is 0.500. The standard InChI is InChI=1S/C7H14OS2/c1-6-4-5-9-7(2,3)10(6)8/h6H,4-5H2,1-3H3. The minimum absolute atomic E-state index is 0.00231. The van der Waals surface area contributed by atoms with Crippen LogP contribution >= 0.6 is 11.8 Å². The van der Waals surface area contributed by atoms with E-state index >= 15 is 0 Å². The van der Waals surface area contributed by atoms with E-state index in [0.29, 0.717) is 5.25 Å². The number of rotatable bonds is 0. The van der Waals surface area contributed by atoms with Crippen molar-refractivity contribution in [3.05, 3.63) is 0 Å². The van der Waals surface area contributed by atoms with Crippen LogP contribution < -0.4 is 0 Å². The third kappa shape index (κ3) is 1.56. The Morgan fingerprint density at radius 3 is 2.60 bits per heavy atom. The highest BCUT2D eigenvalue weighted by atomic mass is 32.2. The lowest BCUT2D eigenvalue weighted by Crippen LogP contribution is -2.34. The quantitative estimate of drug-likeness (QED) is 0.564. The molecule has 0 amide bonds. The van der Waals surface area contributed by atoms with E-state index in [1.807, 2.05) is 11.8 Å². The summed E-state index contributed by atoms with van der Waals surface area (Å²) in [6, 6.07) is 0. The van der Waals surface area contributed by atoms with Crippen LogP contribution in [0.4, 0.5) is 0 Å². The van der Waals surface area contributed by atoms with Crippen molar-refractivity contribution in [2.45, 2.75) is 36.5 Å². The fourth-order valence-electron chi connectivity index (χ4n) is 1.12. The third-order valence-electron chi connectivity index (χ3n) is 1.82. The van der Waals surface area contributed by atoms with Gasteiger partial charge in [0.25, 0.3) is 0 Å². The highest BCUT2D eigenvalue weighted by molar-refractivity contribution is 8.13. The first-order valence-electron chi connectivity index (χ1n) is 3.58. The van der Waals surface area contributed by atoms with Gasteiger partial charge >= 0.3 is 0 Å². The van der Waals surface area contributed by atoms with E-state index in [9.17, 15) is 4.21 Å². The molecular formula is C7H14OS2. The molecule has 0 aromatic heterocycles. The summed E-state index contributed by atoms with van der Waals surface area (Å²) in [5.74, 6) is 1.17. The Kier molecular flexibility index (Phi) is 2.46. The first kappa shape index (κ1) is 8.60. The Morgan fingerprint density at radius 2 is 2.20 bits per heavy atom. The lowest BCUT2D eigenvalue weighted by atomic mass is 10.4. The zero-order valence-electron chi connectivity index (χ0n) is 6.72. The van der Waals surface area contributed by atoms with Crippen LogP contribution in [-0.2, 0) is 10.8 Å². The number of thioether (sulfide) groups is 1. The highest BCUT2D eigenvalue weighted by Crippen LogP contribution is 2.36. The molecule has 0 aliphatic carbocycles. The molecule has 0 bridgehead atoms. The van der Waals surface area contributed by atoms with Crippen molar-refractivity contribution in [1.29, 1.82) is 0 Å². The van der Waals surface area contributed by atoms with Crippen LogP contribution in [0.1, 0.15) is 27.2 Å². The average molecular weight is 178 g/mol. The van der Waals surface area contributed by atoms with Crippen LogP contribution in [0, 0.1) is 0 Å². The van der Waals surface area contributed by atoms with Gasteiger partial charge in [0, 0.05) is 16.0 Å². The summed E-state index contributed by atoms with van der Waals surface area (Å²) in [4.78, 5) is 0. The molecular weight excluding hydrogens is 164 g/mol. The predicted octanol–water partition coefficient (Wildman–Crippen LogP) is 2.00. The van der Waals surface area contributed by atoms with Gasteiger partial charge in [-0.3, -0.25) is 4.21 Å². The van der Waals surface area contributed by atoms with Crippen molar-refractivity contribution in [3.63, 3.8) is 0 Å². The van der Waals surface area contributed by atoms with Crippen LogP contribution in [-0.4, -0.2) is 19.3 Å². The van der Waals surface area contributed by atoms with Gasteiger partial charge in [0.1, 0.15) is 0 Å². The molecule has 1 aliphatic heterocycles. The number of hydrogen-bond donors (Lipinski definition) is 0. The first-order chi connectivity index (χ1) is 4.54. The normalized spacial score (nSPS) is 39.5. The molecule has 0 radical (unpaired) electrons. The molecule has 0 aromatic rings. The van der Waals surface area contributed by atoms with E-state index < -0.39 is 10.8 Å². The Labute approximate surface area is 69.4 Å². The van der Waals surface area contributed by atoms with Gasteiger partial charge in [0.05, 0.1) is 4.08 Å². The maximum absolute atomic E-state index is 11.5. The zero-order valence-corrected chi connectivity index (χ0v) is 8.35. The molecule has 2 atom stereocenters. The molecule has 1 aliphatic rings. The molecule has 0 N–H and O–H groups in total. The average Bonchev–Trinajstić information content (AvgIpc) is 1.83. The van der Waals surface area contributed by atoms with Crippen molar-refractivity contribution in [2.24, 2.45) is 0 Å². The summed E-state index contributed by atoms with van der Waals surface area (Å²) < 4.78 is 11.5. The molecule has 0 aromatic carbocycles. The van der Waals surface area contributed by atoms with Gasteiger partial charge in [-0.1, -0.05) is 6.92 Å². The zero-order chi connectivity index (χ0) is 7.78. The van der Waals surface area contributed by atoms with Gasteiger partial charge in [-0.05, 0) is 26.0 Å². The largest absolute Gasteiger partial charge is 0.258 e. The van der Waals surface area contributed by atoms with E-state index in [-0.39, 0.29) is 4.08 Å². The molecule has 10 heavy (non-hydrogen) atoms. The molecule has 1 saturated heterocycles. The highest BCUT2D eigenvalue weighted by Gasteiger charge is 2.33. The fraction of sp³-hybridized carbons (Fsp3) is 1.00. The molecule has 1 nitrogen and oxygen atoms in total. The van der Waals surface area contributed by atoms with Gasteiger partial charge in [0.2, 0.25) is 0 Å². The maximum Gasteiger partial charge on any atom is 0.0855 e. The van der Waals surface area contributed by atoms with Gasteiger partial charge in [-0.2, -0.15) is 0 Å². The van der Waals surface area contributed by atoms with Gasteiger partial charge in [0.15, 0.2) is 0 Å². The molecule has 1 fully saturated rings. The molecule has 1 heterocycles. The molecule has 3 heteroatoms. The van der Waals surface area contributed by atoms with Crippen molar-refractivity contribution < 1.29 is 4.21 Å². The third-order valence-corrected chi connectivity index (χ3v) is 5.74. The fourth-order valence-corrected chi connectivity index (χ4v) is 4.74. The van der Waals surface area contributed by atoms with Gasteiger partial charge in [-0.15, -0.1) is 11.8 Å². The second-order valence-corrected chi connectivity index (χ2v) is 7.54. The van der Waals surface area contributed by atoms with Crippen LogP contribution in [0.15, 0.2) is 0 Å². The van der Waals surface area contributed by atoms with Crippen molar-refractivity contribution in [3.8, 4) is 0 Å². The van der Waals surface area contributed by atoms with Crippen molar-refractivity contribution >= 4 is 22.6 Å². The second kappa shape index (κ2) is 2.86. The Bertz CT molecular complexity index is 154. The Morgan fingerprint density at radius 1 is 1.60 bits per heavy atom. The molecule has 0 saturated carbocycles. The SMILES string of the molecule is CC1CCSC(C)(C)S1=O. The minimum atomic E-state index is -0.632. The Balaban J connectivity index is 2.70. The van der Waals surface area contributed by atoms with Crippen LogP contribution in [0.25, 0.3) is 0 Å². The van der Waals surface area contributed by atoms with Crippen LogP contribution in [0.3, 0.4) is 0 Å². The molecule has 0 spiro atoms. The van der Waals surface area contributed by atoms with E-state index in [0.717, 1.165) is 6.42 Å². The van der Waals surface area contributed by atoms with Crippen molar-refractivity contribution in [2.75, 3.05) is 5.75 Å². The smallest absolute Gasteiger partial charge is 0.0855 e. The monoisotopic (exact) mass is 178 g/mol. The van der Waals surface area contributed by atoms with Gasteiger partial charge in [-0.25, -0.2) is 0 Å². The summed E-state index contributed by atoms with van der Waals surface area (Å²) >= 11 is 1.83. The van der Waals surface area contributed by atoms with Crippen molar-refractivity contribution in [1.82, 2.24) is 0 Å². The molecule has 1 rings (SSSR count). The molecule has 2 unspecified atom stereocenters. The summed E-state index contributed by atoms with van der Waals surface area (Å²) in [5.41, 5.74) is 0. The summed E-state index contributed by atoms with van der Waals surface area (Å²) in [6.45, 7) is 6.23. The van der Waals surface area contributed by atoms with Crippen LogP contribution in [0.5, 0.6) is 0 Å². The topological polar surface area (TPSA) is 17.1 Å². The van der Waals surface area contributed by atoms with E-state index in [1.165, 1.54) is 5.75 Å². The summed E-state index contributed by atoms with van der Waals surface area (Å²) in [5, 5.41) is 0.399. The minimum Gasteiger partial charge on any atom is -0.258 e. The predicted molar refractivity (Wildman–Crippen MR) is 48.8 cm³/mol. The van der Waals surface area contributed by atoms with E-state index in [1.54, 1.807) is 0 Å². The van der Waals surface area contributed by atoms with Gasteiger partial charge < -0.3 is 0 Å². The van der Waals surface area contributed by atoms with Crippen LogP contribution in [0.2, 0.25) is 0 Å². The lowest BCUT2D eigenvalue weighted by molar-refractivity contribution is 0.655. The van der Waals surface area contributed by atoms with E-state index in [4.69, 9.17) is 0 Å². The summed E-state index contributed by atoms with van der Waals surface area (Å²) in [7, 11) is -0.632. The number of hydrogen-bond acceptors (Lipinski definition) is 2. The summed E-state index contributed by atoms with van der Waals surface area (Å²) in [6.07, 6.45) is 1.11. The maximum atomic E-state index is 11.5. The van der Waals surface area contributed by atoms with E-state index in [2.05, 4.69) is 20.8 Å². The molecule has 60 valence electrons. The lowest BCUT2D eigenvalue weighted by Gasteiger charge is -2.31. The second-order valence-electron chi connectivity index (χ2n) is 3.14. The first-order valence-corrected chi connectivity index (χ1v) is 5.78.